The van der Waals surface area contributed by atoms with E-state index in [1.807, 2.05) is 6.92 Å². The zero-order valence-electron chi connectivity index (χ0n) is 11.5. The van der Waals surface area contributed by atoms with Crippen molar-refractivity contribution >= 4 is 23.5 Å². The lowest BCUT2D eigenvalue weighted by atomic mass is 10.2. The van der Waals surface area contributed by atoms with E-state index in [2.05, 4.69) is 0 Å². The lowest BCUT2D eigenvalue weighted by Gasteiger charge is -2.32. The Kier molecular flexibility index (Phi) is 5.03. The number of benzene rings is 1. The highest BCUT2D eigenvalue weighted by atomic mass is 35.5. The van der Waals surface area contributed by atoms with Crippen LogP contribution in [0.2, 0.25) is 5.02 Å². The van der Waals surface area contributed by atoms with Gasteiger partial charge in [-0.2, -0.15) is 0 Å². The molecule has 0 saturated carbocycles. The minimum atomic E-state index is -1.08. The molecule has 1 N–H and O–H groups in total. The SMILES string of the molecule is Cc1cc(OCC(=O)N2CCOCC2C(=O)O)ccc1Cl. The first-order chi connectivity index (χ1) is 9.99. The molecule has 1 aromatic carbocycles. The van der Waals surface area contributed by atoms with Crippen LogP contribution in [0.1, 0.15) is 5.56 Å². The summed E-state index contributed by atoms with van der Waals surface area (Å²) >= 11 is 5.91. The maximum Gasteiger partial charge on any atom is 0.328 e. The Hall–Kier alpha value is -1.79. The Labute approximate surface area is 127 Å². The average molecular weight is 314 g/mol. The van der Waals surface area contributed by atoms with E-state index in [1.165, 1.54) is 4.90 Å². The molecule has 1 heterocycles. The molecule has 1 aromatic rings. The largest absolute Gasteiger partial charge is 0.484 e. The minimum absolute atomic E-state index is 0.00112. The molecule has 0 radical (unpaired) electrons. The number of hydrogen-bond donors (Lipinski definition) is 1. The number of ether oxygens (including phenoxy) is 2. The number of carbonyl (C=O) groups is 2. The van der Waals surface area contributed by atoms with Crippen molar-refractivity contribution in [3.63, 3.8) is 0 Å². The third-order valence-corrected chi connectivity index (χ3v) is 3.65. The van der Waals surface area contributed by atoms with Gasteiger partial charge in [0.05, 0.1) is 13.2 Å². The van der Waals surface area contributed by atoms with Gasteiger partial charge in [0.15, 0.2) is 12.6 Å². The first-order valence-electron chi connectivity index (χ1n) is 6.48. The predicted molar refractivity (Wildman–Crippen MR) is 75.6 cm³/mol. The molecule has 1 aliphatic rings. The fourth-order valence-electron chi connectivity index (χ4n) is 2.04. The Balaban J connectivity index is 1.96. The van der Waals surface area contributed by atoms with Crippen LogP contribution >= 0.6 is 11.6 Å². The number of nitrogens with zero attached hydrogens (tertiary/aromatic N) is 1. The quantitative estimate of drug-likeness (QED) is 0.908. The van der Waals surface area contributed by atoms with E-state index in [9.17, 15) is 9.59 Å². The smallest absolute Gasteiger partial charge is 0.328 e. The van der Waals surface area contributed by atoms with Crippen LogP contribution in [0.4, 0.5) is 0 Å². The molecule has 1 aliphatic heterocycles. The number of aryl methyl sites for hydroxylation is 1. The molecule has 114 valence electrons. The van der Waals surface area contributed by atoms with E-state index in [1.54, 1.807) is 18.2 Å². The third kappa shape index (κ3) is 3.86. The lowest BCUT2D eigenvalue weighted by molar-refractivity contribution is -0.159. The zero-order chi connectivity index (χ0) is 15.4. The number of rotatable bonds is 4. The summed E-state index contributed by atoms with van der Waals surface area (Å²) in [6.07, 6.45) is 0. The molecule has 2 rings (SSSR count). The van der Waals surface area contributed by atoms with E-state index in [4.69, 9.17) is 26.2 Å². The number of aliphatic carboxylic acids is 1. The summed E-state index contributed by atoms with van der Waals surface area (Å²) in [5, 5.41) is 9.70. The van der Waals surface area contributed by atoms with Crippen LogP contribution in [0, 0.1) is 6.92 Å². The lowest BCUT2D eigenvalue weighted by Crippen LogP contribution is -2.53. The second-order valence-electron chi connectivity index (χ2n) is 4.72. The van der Waals surface area contributed by atoms with Crippen LogP contribution < -0.4 is 4.74 Å². The van der Waals surface area contributed by atoms with Gasteiger partial charge in [-0.05, 0) is 30.7 Å². The summed E-state index contributed by atoms with van der Waals surface area (Å²) in [7, 11) is 0. The molecule has 0 aliphatic carbocycles. The molecular formula is C14H16ClNO5. The molecule has 0 bridgehead atoms. The van der Waals surface area contributed by atoms with Crippen LogP contribution in [-0.2, 0) is 14.3 Å². The van der Waals surface area contributed by atoms with Crippen molar-refractivity contribution in [2.75, 3.05) is 26.4 Å². The maximum atomic E-state index is 12.1. The normalized spacial score (nSPS) is 18.4. The highest BCUT2D eigenvalue weighted by Gasteiger charge is 2.32. The van der Waals surface area contributed by atoms with Gasteiger partial charge in [0.1, 0.15) is 5.75 Å². The van der Waals surface area contributed by atoms with E-state index in [-0.39, 0.29) is 25.7 Å². The number of amides is 1. The molecule has 1 fully saturated rings. The highest BCUT2D eigenvalue weighted by Crippen LogP contribution is 2.21. The van der Waals surface area contributed by atoms with E-state index < -0.39 is 12.0 Å². The molecule has 7 heteroatoms. The second kappa shape index (κ2) is 6.78. The van der Waals surface area contributed by atoms with Crippen molar-refractivity contribution in [2.24, 2.45) is 0 Å². The second-order valence-corrected chi connectivity index (χ2v) is 5.12. The summed E-state index contributed by atoms with van der Waals surface area (Å²) in [5.41, 5.74) is 0.844. The number of morpholine rings is 1. The van der Waals surface area contributed by atoms with Crippen molar-refractivity contribution in [3.8, 4) is 5.75 Å². The molecular weight excluding hydrogens is 298 g/mol. The number of carboxylic acid groups (broad SMARTS) is 1. The van der Waals surface area contributed by atoms with Crippen LogP contribution in [0.15, 0.2) is 18.2 Å². The van der Waals surface area contributed by atoms with Crippen molar-refractivity contribution < 1.29 is 24.2 Å². The van der Waals surface area contributed by atoms with Gasteiger partial charge >= 0.3 is 5.97 Å². The topological polar surface area (TPSA) is 76.1 Å². The monoisotopic (exact) mass is 313 g/mol. The molecule has 1 saturated heterocycles. The summed E-state index contributed by atoms with van der Waals surface area (Å²) in [6.45, 7) is 2.19. The molecule has 1 unspecified atom stereocenters. The van der Waals surface area contributed by atoms with Crippen LogP contribution in [0.25, 0.3) is 0 Å². The van der Waals surface area contributed by atoms with Crippen molar-refractivity contribution in [1.82, 2.24) is 4.90 Å². The Morgan fingerprint density at radius 1 is 1.52 bits per heavy atom. The first kappa shape index (κ1) is 15.6. The summed E-state index contributed by atoms with van der Waals surface area (Å²) < 4.78 is 10.5. The maximum absolute atomic E-state index is 12.1. The molecule has 21 heavy (non-hydrogen) atoms. The van der Waals surface area contributed by atoms with Gasteiger partial charge in [-0.3, -0.25) is 4.79 Å². The Bertz CT molecular complexity index is 548. The van der Waals surface area contributed by atoms with Gasteiger partial charge in [-0.15, -0.1) is 0 Å². The summed E-state index contributed by atoms with van der Waals surface area (Å²) in [4.78, 5) is 24.5. The van der Waals surface area contributed by atoms with Gasteiger partial charge in [-0.1, -0.05) is 11.6 Å². The van der Waals surface area contributed by atoms with Crippen LogP contribution in [0.5, 0.6) is 5.75 Å². The minimum Gasteiger partial charge on any atom is -0.484 e. The molecule has 0 spiro atoms. The summed E-state index contributed by atoms with van der Waals surface area (Å²) in [5.74, 6) is -0.936. The van der Waals surface area contributed by atoms with Crippen LogP contribution in [-0.4, -0.2) is 54.3 Å². The predicted octanol–water partition coefficient (Wildman–Crippen LogP) is 1.34. The third-order valence-electron chi connectivity index (χ3n) is 3.23. The number of hydrogen-bond acceptors (Lipinski definition) is 4. The van der Waals surface area contributed by atoms with E-state index in [0.29, 0.717) is 17.4 Å². The zero-order valence-corrected chi connectivity index (χ0v) is 12.3. The van der Waals surface area contributed by atoms with E-state index >= 15 is 0 Å². The highest BCUT2D eigenvalue weighted by molar-refractivity contribution is 6.31. The van der Waals surface area contributed by atoms with Crippen molar-refractivity contribution in [1.29, 1.82) is 0 Å². The van der Waals surface area contributed by atoms with Gasteiger partial charge in [0, 0.05) is 11.6 Å². The number of carbonyl (C=O) groups excluding carboxylic acids is 1. The Morgan fingerprint density at radius 3 is 2.95 bits per heavy atom. The van der Waals surface area contributed by atoms with Gasteiger partial charge in [0.25, 0.3) is 5.91 Å². The van der Waals surface area contributed by atoms with E-state index in [0.717, 1.165) is 5.56 Å². The van der Waals surface area contributed by atoms with Gasteiger partial charge < -0.3 is 19.5 Å². The van der Waals surface area contributed by atoms with Crippen LogP contribution in [0.3, 0.4) is 0 Å². The van der Waals surface area contributed by atoms with Gasteiger partial charge in [0.2, 0.25) is 0 Å². The summed E-state index contributed by atoms with van der Waals surface area (Å²) in [6, 6.07) is 4.12. The Morgan fingerprint density at radius 2 is 2.29 bits per heavy atom. The fraction of sp³-hybridized carbons (Fsp3) is 0.429. The fourth-order valence-corrected chi connectivity index (χ4v) is 2.16. The van der Waals surface area contributed by atoms with Crippen molar-refractivity contribution in [3.05, 3.63) is 28.8 Å². The first-order valence-corrected chi connectivity index (χ1v) is 6.86. The molecule has 6 nitrogen and oxygen atoms in total. The molecule has 0 aromatic heterocycles. The average Bonchev–Trinajstić information content (AvgIpc) is 2.48. The molecule has 1 atom stereocenters. The number of carboxylic acids is 1. The van der Waals surface area contributed by atoms with Gasteiger partial charge in [-0.25, -0.2) is 4.79 Å². The standard InChI is InChI=1S/C14H16ClNO5/c1-9-6-10(2-3-11(9)15)21-8-13(17)16-4-5-20-7-12(16)14(18)19/h2-3,6,12H,4-5,7-8H2,1H3,(H,18,19). The van der Waals surface area contributed by atoms with Crippen molar-refractivity contribution in [2.45, 2.75) is 13.0 Å². The molecule has 1 amide bonds. The number of halogens is 1.